The fraction of sp³-hybridized carbons (Fsp3) is 0.138. The molecule has 7 nitrogen and oxygen atoms in total. The summed E-state index contributed by atoms with van der Waals surface area (Å²) in [5, 5.41) is 21.8. The van der Waals surface area contributed by atoms with Crippen LogP contribution in [0.15, 0.2) is 72.8 Å². The summed E-state index contributed by atoms with van der Waals surface area (Å²) in [7, 11) is 1.71. The average molecular weight is 553 g/mol. The predicted octanol–water partition coefficient (Wildman–Crippen LogP) is 6.94. The minimum absolute atomic E-state index is 0.0856. The fourth-order valence-corrected chi connectivity index (χ4v) is 4.12. The van der Waals surface area contributed by atoms with Crippen LogP contribution in [-0.2, 0) is 18.3 Å². The molecule has 9 heteroatoms. The molecule has 3 N–H and O–H groups in total. The van der Waals surface area contributed by atoms with Gasteiger partial charge in [0.25, 0.3) is 0 Å². The first-order valence-corrected chi connectivity index (χ1v) is 12.3. The topological polar surface area (TPSA) is 109 Å². The summed E-state index contributed by atoms with van der Waals surface area (Å²) in [4.78, 5) is 34.2. The summed E-state index contributed by atoms with van der Waals surface area (Å²) < 4.78 is 1.64. The van der Waals surface area contributed by atoms with E-state index < -0.39 is 11.9 Å². The van der Waals surface area contributed by atoms with E-state index in [2.05, 4.69) is 5.32 Å². The van der Waals surface area contributed by atoms with Gasteiger partial charge >= 0.3 is 11.9 Å². The molecular weight excluding hydrogens is 527 g/mol. The van der Waals surface area contributed by atoms with E-state index in [-0.39, 0.29) is 17.8 Å². The molecule has 1 heterocycles. The maximum absolute atomic E-state index is 12.3. The van der Waals surface area contributed by atoms with Gasteiger partial charge in [0, 0.05) is 18.3 Å². The molecule has 0 saturated carbocycles. The molecule has 38 heavy (non-hydrogen) atoms. The maximum Gasteiger partial charge on any atom is 0.337 e. The monoisotopic (exact) mass is 552 g/mol. The van der Waals surface area contributed by atoms with Gasteiger partial charge in [-0.1, -0.05) is 71.2 Å². The first kappa shape index (κ1) is 28.5. The third-order valence-corrected chi connectivity index (χ3v) is 6.61. The van der Waals surface area contributed by atoms with Gasteiger partial charge in [0.15, 0.2) is 0 Å². The molecule has 0 spiro atoms. The van der Waals surface area contributed by atoms with E-state index in [9.17, 15) is 14.4 Å². The normalized spacial score (nSPS) is 10.3. The van der Waals surface area contributed by atoms with Crippen LogP contribution < -0.4 is 5.32 Å². The molecule has 1 aromatic heterocycles. The Morgan fingerprint density at radius 3 is 2.16 bits per heavy atom. The number of carbonyl (C=O) groups excluding carboxylic acids is 1. The molecule has 0 aliphatic rings. The Labute approximate surface area is 230 Å². The van der Waals surface area contributed by atoms with Crippen LogP contribution in [0.2, 0.25) is 10.0 Å². The number of carbonyl (C=O) groups is 3. The molecule has 0 bridgehead atoms. The van der Waals surface area contributed by atoms with Crippen LogP contribution in [0.4, 0.5) is 11.4 Å². The Kier molecular flexibility index (Phi) is 9.34. The van der Waals surface area contributed by atoms with E-state index >= 15 is 0 Å². The lowest BCUT2D eigenvalue weighted by atomic mass is 10.1. The highest BCUT2D eigenvalue weighted by molar-refractivity contribution is 6.39. The third-order valence-electron chi connectivity index (χ3n) is 5.81. The number of carboxylic acids is 2. The first-order valence-electron chi connectivity index (χ1n) is 11.5. The van der Waals surface area contributed by atoms with E-state index in [1.165, 1.54) is 6.07 Å². The Balaban J connectivity index is 0.000000211. The number of aliphatic carboxylic acids is 1. The summed E-state index contributed by atoms with van der Waals surface area (Å²) in [5.74, 6) is -2.02. The second kappa shape index (κ2) is 12.4. The molecule has 4 rings (SSSR count). The predicted molar refractivity (Wildman–Crippen MR) is 149 cm³/mol. The number of nitrogens with one attached hydrogen (secondary N) is 1. The van der Waals surface area contributed by atoms with Crippen molar-refractivity contribution in [2.45, 2.75) is 20.3 Å². The third kappa shape index (κ3) is 6.82. The zero-order chi connectivity index (χ0) is 28.0. The van der Waals surface area contributed by atoms with Crippen molar-refractivity contribution in [1.82, 2.24) is 4.57 Å². The van der Waals surface area contributed by atoms with Crippen molar-refractivity contribution in [2.75, 3.05) is 5.32 Å². The number of halogens is 2. The first-order chi connectivity index (χ1) is 18.0. The van der Waals surface area contributed by atoms with Gasteiger partial charge in [-0.25, -0.2) is 4.79 Å². The second-order valence-electron chi connectivity index (χ2n) is 8.56. The van der Waals surface area contributed by atoms with E-state index in [0.717, 1.165) is 11.1 Å². The number of rotatable bonds is 7. The number of aromatic carboxylic acids is 1. The van der Waals surface area contributed by atoms with Crippen molar-refractivity contribution in [1.29, 1.82) is 0 Å². The van der Waals surface area contributed by atoms with E-state index in [0.29, 0.717) is 38.4 Å². The Bertz CT molecular complexity index is 1490. The molecule has 0 atom stereocenters. The molecular formula is C29H26Cl2N2O5. The van der Waals surface area contributed by atoms with E-state index in [1.54, 1.807) is 66.2 Å². The van der Waals surface area contributed by atoms with Gasteiger partial charge in [-0.3, -0.25) is 9.59 Å². The zero-order valence-electron chi connectivity index (χ0n) is 21.0. The molecule has 0 saturated heterocycles. The van der Waals surface area contributed by atoms with Gasteiger partial charge in [-0.15, -0.1) is 0 Å². The molecule has 0 fully saturated rings. The number of aromatic nitrogens is 1. The van der Waals surface area contributed by atoms with Crippen LogP contribution >= 0.6 is 23.2 Å². The van der Waals surface area contributed by atoms with E-state index in [4.69, 9.17) is 33.4 Å². The molecule has 3 aromatic carbocycles. The largest absolute Gasteiger partial charge is 0.481 e. The summed E-state index contributed by atoms with van der Waals surface area (Å²) in [6.07, 6.45) is -0.0856. The van der Waals surface area contributed by atoms with Gasteiger partial charge in [0.1, 0.15) is 0 Å². The van der Waals surface area contributed by atoms with Crippen molar-refractivity contribution < 1.29 is 24.6 Å². The smallest absolute Gasteiger partial charge is 0.337 e. The summed E-state index contributed by atoms with van der Waals surface area (Å²) >= 11 is 12.3. The summed E-state index contributed by atoms with van der Waals surface area (Å²) in [6, 6.07) is 20.8. The Morgan fingerprint density at radius 1 is 0.868 bits per heavy atom. The molecule has 0 radical (unpaired) electrons. The average Bonchev–Trinajstić information content (AvgIpc) is 3.24. The van der Waals surface area contributed by atoms with Crippen LogP contribution in [0, 0.1) is 13.8 Å². The van der Waals surface area contributed by atoms with Crippen LogP contribution in [-0.4, -0.2) is 32.5 Å². The van der Waals surface area contributed by atoms with Crippen LogP contribution in [0.25, 0.3) is 0 Å². The van der Waals surface area contributed by atoms with Crippen molar-refractivity contribution in [3.05, 3.63) is 116 Å². The molecule has 196 valence electrons. The van der Waals surface area contributed by atoms with Crippen LogP contribution in [0.1, 0.15) is 43.2 Å². The maximum atomic E-state index is 12.3. The van der Waals surface area contributed by atoms with Gasteiger partial charge < -0.3 is 20.1 Å². The molecule has 0 aliphatic carbocycles. The highest BCUT2D eigenvalue weighted by Gasteiger charge is 2.16. The number of nitrogens with zero attached hydrogens (tertiary/aromatic N) is 1. The summed E-state index contributed by atoms with van der Waals surface area (Å²) in [6.45, 7) is 3.81. The summed E-state index contributed by atoms with van der Waals surface area (Å²) in [5.41, 5.74) is 4.80. The number of hydrogen-bond donors (Lipinski definition) is 3. The minimum atomic E-state index is -1.01. The number of hydrogen-bond acceptors (Lipinski definition) is 4. The molecule has 0 unspecified atom stereocenters. The van der Waals surface area contributed by atoms with Gasteiger partial charge in [0.05, 0.1) is 39.1 Å². The fourth-order valence-electron chi connectivity index (χ4n) is 3.65. The Hall–Kier alpha value is -4.07. The SMILES string of the molecule is Cc1ccc(C(=O)c2ccc(CC(=O)O)n2C)cc1.Cc1ccc(Cl)c(Nc2ccccc2C(=O)O)c1Cl. The highest BCUT2D eigenvalue weighted by Crippen LogP contribution is 2.35. The lowest BCUT2D eigenvalue weighted by molar-refractivity contribution is -0.136. The van der Waals surface area contributed by atoms with Crippen molar-refractivity contribution in [2.24, 2.45) is 7.05 Å². The molecule has 0 aliphatic heterocycles. The molecule has 0 amide bonds. The number of para-hydroxylation sites is 1. The zero-order valence-corrected chi connectivity index (χ0v) is 22.5. The second-order valence-corrected chi connectivity index (χ2v) is 9.35. The molecule has 4 aromatic rings. The highest BCUT2D eigenvalue weighted by atomic mass is 35.5. The lowest BCUT2D eigenvalue weighted by Crippen LogP contribution is -2.11. The van der Waals surface area contributed by atoms with Crippen LogP contribution in [0.5, 0.6) is 0 Å². The number of anilines is 2. The number of aryl methyl sites for hydroxylation is 2. The number of carboxylic acid groups (broad SMARTS) is 2. The van der Waals surface area contributed by atoms with Crippen molar-refractivity contribution in [3.8, 4) is 0 Å². The van der Waals surface area contributed by atoms with Crippen LogP contribution in [0.3, 0.4) is 0 Å². The van der Waals surface area contributed by atoms with Crippen molar-refractivity contribution >= 4 is 52.3 Å². The van der Waals surface area contributed by atoms with E-state index in [1.807, 2.05) is 26.0 Å². The Morgan fingerprint density at radius 2 is 1.53 bits per heavy atom. The van der Waals surface area contributed by atoms with Gasteiger partial charge in [-0.2, -0.15) is 0 Å². The standard InChI is InChI=1S/C15H15NO3.C14H11Cl2NO2/c1-10-3-5-11(6-4-10)15(19)13-8-7-12(16(13)2)9-14(17)18;1-8-6-7-10(15)13(12(8)16)17-11-5-3-2-4-9(11)14(18)19/h3-8H,9H2,1-2H3,(H,17,18);2-7,17H,1H3,(H,18,19). The van der Waals surface area contributed by atoms with Gasteiger partial charge in [0.2, 0.25) is 5.78 Å². The number of benzene rings is 3. The van der Waals surface area contributed by atoms with Crippen molar-refractivity contribution in [3.63, 3.8) is 0 Å². The van der Waals surface area contributed by atoms with Gasteiger partial charge in [-0.05, 0) is 49.7 Å². The lowest BCUT2D eigenvalue weighted by Gasteiger charge is -2.13. The quantitative estimate of drug-likeness (QED) is 0.214. The minimum Gasteiger partial charge on any atom is -0.481 e. The number of ketones is 1.